The van der Waals surface area contributed by atoms with Crippen LogP contribution in [0.15, 0.2) is 18.2 Å². The van der Waals surface area contributed by atoms with E-state index in [2.05, 4.69) is 15.3 Å². The summed E-state index contributed by atoms with van der Waals surface area (Å²) in [6.07, 6.45) is 0. The van der Waals surface area contributed by atoms with Crippen molar-refractivity contribution in [3.05, 3.63) is 29.5 Å². The lowest BCUT2D eigenvalue weighted by molar-refractivity contribution is 0.173. The highest BCUT2D eigenvalue weighted by atomic mass is 35.5. The molecule has 8 heteroatoms. The van der Waals surface area contributed by atoms with Crippen molar-refractivity contribution in [3.8, 4) is 17.2 Å². The molecule has 0 atom stereocenters. The number of fused-ring (bicyclic) bond motifs is 1. The first-order chi connectivity index (χ1) is 11.6. The summed E-state index contributed by atoms with van der Waals surface area (Å²) in [4.78, 5) is 2.08. The number of nitrogens with zero attached hydrogens (tertiary/aromatic N) is 3. The van der Waals surface area contributed by atoms with Crippen LogP contribution in [0.2, 0.25) is 0 Å². The number of aromatic nitrogens is 2. The molecule has 7 nitrogen and oxygen atoms in total. The Morgan fingerprint density at radius 1 is 1.28 bits per heavy atom. The highest BCUT2D eigenvalue weighted by Gasteiger charge is 2.15. The number of ether oxygens (including phenoxy) is 3. The van der Waals surface area contributed by atoms with E-state index in [4.69, 9.17) is 14.2 Å². The van der Waals surface area contributed by atoms with Gasteiger partial charge in [0.05, 0.1) is 5.69 Å². The minimum absolute atomic E-state index is 0. The Balaban J connectivity index is 0.00000225. The van der Waals surface area contributed by atoms with Crippen LogP contribution in [0.3, 0.4) is 0 Å². The number of benzene rings is 1. The number of hydrogen-bond donors (Lipinski definition) is 1. The van der Waals surface area contributed by atoms with E-state index in [1.54, 1.807) is 0 Å². The minimum atomic E-state index is 0. The van der Waals surface area contributed by atoms with E-state index in [0.29, 0.717) is 6.61 Å². The third-order valence-corrected chi connectivity index (χ3v) is 3.93. The summed E-state index contributed by atoms with van der Waals surface area (Å²) >= 11 is 0. The van der Waals surface area contributed by atoms with Gasteiger partial charge in [-0.25, -0.2) is 0 Å². The maximum atomic E-state index is 5.75. The molecule has 0 aliphatic carbocycles. The summed E-state index contributed by atoms with van der Waals surface area (Å²) in [5.74, 6) is 3.41. The lowest BCUT2D eigenvalue weighted by Gasteiger charge is -2.15. The zero-order valence-corrected chi connectivity index (χ0v) is 15.9. The van der Waals surface area contributed by atoms with Crippen molar-refractivity contribution in [1.29, 1.82) is 0 Å². The smallest absolute Gasteiger partial charge is 0.231 e. The number of anilines is 1. The summed E-state index contributed by atoms with van der Waals surface area (Å²) in [5.41, 5.74) is 2.26. The third-order valence-electron chi connectivity index (χ3n) is 3.93. The molecule has 0 bridgehead atoms. The van der Waals surface area contributed by atoms with Gasteiger partial charge in [0, 0.05) is 45.9 Å². The van der Waals surface area contributed by atoms with Gasteiger partial charge in [0.25, 0.3) is 0 Å². The lowest BCUT2D eigenvalue weighted by atomic mass is 10.2. The Hall–Kier alpha value is -2.12. The Morgan fingerprint density at radius 3 is 2.80 bits per heavy atom. The molecule has 0 spiro atoms. The molecule has 1 aliphatic heterocycles. The average Bonchev–Trinajstić information content (AvgIpc) is 3.10. The first kappa shape index (κ1) is 19.2. The molecule has 0 saturated heterocycles. The summed E-state index contributed by atoms with van der Waals surface area (Å²) in [5, 5.41) is 7.90. The Kier molecular flexibility index (Phi) is 6.39. The lowest BCUT2D eigenvalue weighted by Crippen LogP contribution is -2.23. The number of aryl methyl sites for hydroxylation is 2. The first-order valence-electron chi connectivity index (χ1n) is 7.99. The molecule has 0 unspecified atom stereocenters. The molecule has 0 radical (unpaired) electrons. The van der Waals surface area contributed by atoms with Crippen molar-refractivity contribution in [3.63, 3.8) is 0 Å². The highest BCUT2D eigenvalue weighted by molar-refractivity contribution is 5.85. The van der Waals surface area contributed by atoms with E-state index in [1.165, 1.54) is 5.56 Å². The van der Waals surface area contributed by atoms with Gasteiger partial charge >= 0.3 is 0 Å². The van der Waals surface area contributed by atoms with Crippen molar-refractivity contribution < 1.29 is 14.2 Å². The van der Waals surface area contributed by atoms with Gasteiger partial charge in [-0.2, -0.15) is 5.10 Å². The van der Waals surface area contributed by atoms with Gasteiger partial charge < -0.3 is 24.4 Å². The monoisotopic (exact) mass is 368 g/mol. The Bertz CT molecular complexity index is 718. The summed E-state index contributed by atoms with van der Waals surface area (Å²) in [6.45, 7) is 4.40. The number of halogens is 1. The van der Waals surface area contributed by atoms with Crippen LogP contribution in [0.1, 0.15) is 11.3 Å². The summed E-state index contributed by atoms with van der Waals surface area (Å²) < 4.78 is 18.3. The molecule has 25 heavy (non-hydrogen) atoms. The number of rotatable bonds is 7. The molecule has 3 rings (SSSR count). The van der Waals surface area contributed by atoms with Crippen LogP contribution < -0.4 is 24.4 Å². The molecule has 2 heterocycles. The molecule has 0 saturated carbocycles. The SMILES string of the molecule is Cc1nn(C)c(N(C)C)c1CNCCOc1ccc2c(c1)OCO2.Cl. The van der Waals surface area contributed by atoms with Gasteiger partial charge in [0.1, 0.15) is 18.2 Å². The number of hydrogen-bond acceptors (Lipinski definition) is 6. The normalized spacial score (nSPS) is 12.0. The van der Waals surface area contributed by atoms with Crippen molar-refractivity contribution in [2.24, 2.45) is 7.05 Å². The molecule has 0 amide bonds. The zero-order chi connectivity index (χ0) is 17.1. The summed E-state index contributed by atoms with van der Waals surface area (Å²) in [6, 6.07) is 5.62. The molecule has 1 aliphatic rings. The first-order valence-corrected chi connectivity index (χ1v) is 7.99. The largest absolute Gasteiger partial charge is 0.492 e. The zero-order valence-electron chi connectivity index (χ0n) is 15.0. The highest BCUT2D eigenvalue weighted by Crippen LogP contribution is 2.35. The van der Waals surface area contributed by atoms with Gasteiger partial charge in [-0.15, -0.1) is 12.4 Å². The molecule has 1 N–H and O–H groups in total. The van der Waals surface area contributed by atoms with Gasteiger partial charge in [-0.1, -0.05) is 0 Å². The maximum Gasteiger partial charge on any atom is 0.231 e. The van der Waals surface area contributed by atoms with Crippen molar-refractivity contribution in [1.82, 2.24) is 15.1 Å². The fraction of sp³-hybridized carbons (Fsp3) is 0.471. The molecular weight excluding hydrogens is 344 g/mol. The molecule has 0 fully saturated rings. The fourth-order valence-corrected chi connectivity index (χ4v) is 2.88. The van der Waals surface area contributed by atoms with E-state index in [1.807, 2.05) is 50.9 Å². The fourth-order valence-electron chi connectivity index (χ4n) is 2.88. The quantitative estimate of drug-likeness (QED) is 0.755. The van der Waals surface area contributed by atoms with Crippen molar-refractivity contribution in [2.45, 2.75) is 13.5 Å². The van der Waals surface area contributed by atoms with Crippen LogP contribution in [0, 0.1) is 6.92 Å². The molecule has 1 aromatic heterocycles. The van der Waals surface area contributed by atoms with E-state index in [0.717, 1.165) is 41.8 Å². The van der Waals surface area contributed by atoms with Crippen LogP contribution in [-0.2, 0) is 13.6 Å². The second-order valence-corrected chi connectivity index (χ2v) is 5.95. The van der Waals surface area contributed by atoms with Crippen LogP contribution in [0.25, 0.3) is 0 Å². The van der Waals surface area contributed by atoms with Crippen LogP contribution in [-0.4, -0.2) is 43.8 Å². The van der Waals surface area contributed by atoms with Crippen LogP contribution in [0.4, 0.5) is 5.82 Å². The molecule has 138 valence electrons. The molecule has 2 aromatic rings. The number of nitrogens with one attached hydrogen (secondary N) is 1. The summed E-state index contributed by atoms with van der Waals surface area (Å²) in [7, 11) is 6.03. The minimum Gasteiger partial charge on any atom is -0.492 e. The predicted molar refractivity (Wildman–Crippen MR) is 99.3 cm³/mol. The van der Waals surface area contributed by atoms with Gasteiger partial charge in [-0.3, -0.25) is 4.68 Å². The molecule has 1 aromatic carbocycles. The van der Waals surface area contributed by atoms with E-state index >= 15 is 0 Å². The average molecular weight is 369 g/mol. The van der Waals surface area contributed by atoms with E-state index in [9.17, 15) is 0 Å². The Morgan fingerprint density at radius 2 is 2.04 bits per heavy atom. The standard InChI is InChI=1S/C17H24N4O3.ClH/c1-12-14(17(20(2)3)21(4)19-12)10-18-7-8-22-13-5-6-15-16(9-13)24-11-23-15;/h5-6,9,18H,7-8,10-11H2,1-4H3;1H. The second-order valence-electron chi connectivity index (χ2n) is 5.95. The third kappa shape index (κ3) is 4.29. The van der Waals surface area contributed by atoms with E-state index in [-0.39, 0.29) is 19.2 Å². The van der Waals surface area contributed by atoms with Crippen LogP contribution >= 0.6 is 12.4 Å². The maximum absolute atomic E-state index is 5.75. The molecular formula is C17H25ClN4O3. The van der Waals surface area contributed by atoms with Crippen LogP contribution in [0.5, 0.6) is 17.2 Å². The Labute approximate surface area is 154 Å². The van der Waals surface area contributed by atoms with Gasteiger partial charge in [-0.05, 0) is 19.1 Å². The van der Waals surface area contributed by atoms with E-state index < -0.39 is 0 Å². The van der Waals surface area contributed by atoms with Crippen molar-refractivity contribution in [2.75, 3.05) is 38.9 Å². The topological polar surface area (TPSA) is 60.8 Å². The van der Waals surface area contributed by atoms with Gasteiger partial charge in [0.15, 0.2) is 11.5 Å². The predicted octanol–water partition coefficient (Wildman–Crippen LogP) is 2.11. The second kappa shape index (κ2) is 8.31. The van der Waals surface area contributed by atoms with Gasteiger partial charge in [0.2, 0.25) is 6.79 Å². The van der Waals surface area contributed by atoms with Crippen molar-refractivity contribution >= 4 is 18.2 Å².